The third-order valence-electron chi connectivity index (χ3n) is 7.80. The zero-order valence-corrected chi connectivity index (χ0v) is 24.4. The highest BCUT2D eigenvalue weighted by Gasteiger charge is 2.32. The smallest absolute Gasteiger partial charge is 0.304 e. The van der Waals surface area contributed by atoms with Crippen molar-refractivity contribution in [3.63, 3.8) is 0 Å². The van der Waals surface area contributed by atoms with Crippen LogP contribution in [0, 0.1) is 19.7 Å². The van der Waals surface area contributed by atoms with Gasteiger partial charge in [0.2, 0.25) is 0 Å². The van der Waals surface area contributed by atoms with Crippen LogP contribution in [-0.2, 0) is 21.1 Å². The second kappa shape index (κ2) is 11.7. The van der Waals surface area contributed by atoms with E-state index < -0.39 is 21.9 Å². The number of unbranched alkanes of at least 4 members (excludes halogenated alkanes) is 1. The van der Waals surface area contributed by atoms with E-state index >= 15 is 4.39 Å². The fourth-order valence-corrected chi connectivity index (χ4v) is 6.72. The van der Waals surface area contributed by atoms with Crippen LogP contribution in [0.5, 0.6) is 17.2 Å². The third kappa shape index (κ3) is 6.50. The summed E-state index contributed by atoms with van der Waals surface area (Å²) in [6, 6.07) is 12.7. The van der Waals surface area contributed by atoms with E-state index in [1.54, 1.807) is 12.1 Å². The van der Waals surface area contributed by atoms with Crippen molar-refractivity contribution in [2.24, 2.45) is 0 Å². The van der Waals surface area contributed by atoms with Gasteiger partial charge in [0.1, 0.15) is 39.0 Å². The number of rotatable bonds is 11. The summed E-state index contributed by atoms with van der Waals surface area (Å²) in [5.74, 6) is 0.711. The van der Waals surface area contributed by atoms with E-state index in [-0.39, 0.29) is 23.9 Å². The van der Waals surface area contributed by atoms with Gasteiger partial charge >= 0.3 is 5.97 Å². The SMILES string of the molecule is Cc1cc(OCCCCS(C)(=O)=O)cc(C)c1-c1ccc(F)c2c1CCC2Oc1ccc2c(c1)OC[C@H]2CC(=O)O. The second-order valence-electron chi connectivity index (χ2n) is 11.1. The Morgan fingerprint density at radius 2 is 1.83 bits per heavy atom. The normalized spacial score (nSPS) is 17.6. The van der Waals surface area contributed by atoms with E-state index in [2.05, 4.69) is 0 Å². The number of sulfone groups is 1. The molecule has 41 heavy (non-hydrogen) atoms. The Morgan fingerprint density at radius 3 is 2.54 bits per heavy atom. The molecule has 0 aromatic heterocycles. The fraction of sp³-hybridized carbons (Fsp3) is 0.406. The van der Waals surface area contributed by atoms with Gasteiger partial charge < -0.3 is 19.3 Å². The Balaban J connectivity index is 1.33. The average Bonchev–Trinajstić information content (AvgIpc) is 3.48. The van der Waals surface area contributed by atoms with E-state index in [1.807, 2.05) is 38.1 Å². The predicted octanol–water partition coefficient (Wildman–Crippen LogP) is 6.33. The zero-order chi connectivity index (χ0) is 29.3. The van der Waals surface area contributed by atoms with Gasteiger partial charge in [-0.05, 0) is 91.6 Å². The summed E-state index contributed by atoms with van der Waals surface area (Å²) in [7, 11) is -2.97. The number of hydrogen-bond donors (Lipinski definition) is 1. The maximum atomic E-state index is 15.3. The number of halogens is 1. The minimum Gasteiger partial charge on any atom is -0.494 e. The number of ether oxygens (including phenoxy) is 3. The molecule has 2 aliphatic rings. The van der Waals surface area contributed by atoms with Gasteiger partial charge in [0.25, 0.3) is 0 Å². The van der Waals surface area contributed by atoms with Crippen molar-refractivity contribution >= 4 is 15.8 Å². The minimum absolute atomic E-state index is 0.00845. The van der Waals surface area contributed by atoms with Gasteiger partial charge in [0.05, 0.1) is 25.4 Å². The summed E-state index contributed by atoms with van der Waals surface area (Å²) in [4.78, 5) is 11.2. The number of aryl methyl sites for hydroxylation is 2. The van der Waals surface area contributed by atoms with Gasteiger partial charge in [-0.25, -0.2) is 12.8 Å². The Labute approximate surface area is 240 Å². The van der Waals surface area contributed by atoms with Gasteiger partial charge in [-0.3, -0.25) is 4.79 Å². The molecule has 7 nitrogen and oxygen atoms in total. The Hall–Kier alpha value is -3.59. The lowest BCUT2D eigenvalue weighted by Gasteiger charge is -2.19. The standard InChI is InChI=1S/C32H35FO7S/c1-19-14-23(38-12-4-5-13-41(3,36)37)15-20(2)31(19)25-8-10-27(33)32-26(25)9-11-28(32)40-22-6-7-24-21(16-30(34)35)18-39-29(24)17-22/h6-8,10,14-15,17,21,28H,4-5,9,11-13,16,18H2,1-3H3,(H,34,35)/t21-,28?/m1/s1. The minimum atomic E-state index is -2.97. The predicted molar refractivity (Wildman–Crippen MR) is 154 cm³/mol. The van der Waals surface area contributed by atoms with Crippen molar-refractivity contribution in [2.75, 3.05) is 25.2 Å². The zero-order valence-electron chi connectivity index (χ0n) is 23.5. The molecule has 1 aliphatic heterocycles. The van der Waals surface area contributed by atoms with Gasteiger partial charge in [-0.15, -0.1) is 0 Å². The summed E-state index contributed by atoms with van der Waals surface area (Å²) in [5.41, 5.74) is 6.42. The molecule has 0 saturated heterocycles. The molecule has 1 aliphatic carbocycles. The van der Waals surface area contributed by atoms with E-state index in [1.165, 1.54) is 12.3 Å². The van der Waals surface area contributed by atoms with Gasteiger partial charge in [-0.1, -0.05) is 12.1 Å². The molecule has 5 rings (SSSR count). The van der Waals surface area contributed by atoms with E-state index in [0.717, 1.165) is 39.1 Å². The molecule has 3 aromatic rings. The molecule has 1 N–H and O–H groups in total. The maximum absolute atomic E-state index is 15.3. The highest BCUT2D eigenvalue weighted by molar-refractivity contribution is 7.90. The van der Waals surface area contributed by atoms with Crippen LogP contribution in [0.1, 0.15) is 65.5 Å². The number of fused-ring (bicyclic) bond motifs is 2. The van der Waals surface area contributed by atoms with Crippen LogP contribution in [0.25, 0.3) is 11.1 Å². The average molecular weight is 583 g/mol. The first-order chi connectivity index (χ1) is 19.5. The molecule has 1 heterocycles. The van der Waals surface area contributed by atoms with Crippen LogP contribution < -0.4 is 14.2 Å². The summed E-state index contributed by atoms with van der Waals surface area (Å²) < 4.78 is 55.8. The van der Waals surface area contributed by atoms with Gasteiger partial charge in [0.15, 0.2) is 0 Å². The molecular weight excluding hydrogens is 547 g/mol. The van der Waals surface area contributed by atoms with Gasteiger partial charge in [-0.2, -0.15) is 0 Å². The lowest BCUT2D eigenvalue weighted by Crippen LogP contribution is -2.07. The van der Waals surface area contributed by atoms with Crippen LogP contribution in [-0.4, -0.2) is 44.7 Å². The monoisotopic (exact) mass is 582 g/mol. The molecule has 3 aromatic carbocycles. The van der Waals surface area contributed by atoms with Crippen LogP contribution in [0.4, 0.5) is 4.39 Å². The third-order valence-corrected chi connectivity index (χ3v) is 8.83. The second-order valence-corrected chi connectivity index (χ2v) is 13.3. The number of carbonyl (C=O) groups is 1. The summed E-state index contributed by atoms with van der Waals surface area (Å²) in [6.07, 6.45) is 3.32. The molecule has 218 valence electrons. The van der Waals surface area contributed by atoms with Crippen molar-refractivity contribution < 1.29 is 36.9 Å². The number of carboxylic acids is 1. The van der Waals surface area contributed by atoms with Crippen LogP contribution in [0.3, 0.4) is 0 Å². The molecule has 1 unspecified atom stereocenters. The van der Waals surface area contributed by atoms with Crippen molar-refractivity contribution in [3.8, 4) is 28.4 Å². The van der Waals surface area contributed by atoms with E-state index in [0.29, 0.717) is 56.0 Å². The van der Waals surface area contributed by atoms with Gasteiger partial charge in [0, 0.05) is 29.4 Å². The highest BCUT2D eigenvalue weighted by atomic mass is 32.2. The highest BCUT2D eigenvalue weighted by Crippen LogP contribution is 2.45. The lowest BCUT2D eigenvalue weighted by atomic mass is 9.90. The van der Waals surface area contributed by atoms with Crippen molar-refractivity contribution in [3.05, 3.63) is 76.1 Å². The quantitative estimate of drug-likeness (QED) is 0.264. The Kier molecular flexibility index (Phi) is 8.27. The van der Waals surface area contributed by atoms with Crippen molar-refractivity contribution in [2.45, 2.75) is 58.0 Å². The summed E-state index contributed by atoms with van der Waals surface area (Å²) >= 11 is 0. The number of carboxylic acid groups (broad SMARTS) is 1. The lowest BCUT2D eigenvalue weighted by molar-refractivity contribution is -0.137. The van der Waals surface area contributed by atoms with Crippen molar-refractivity contribution in [1.82, 2.24) is 0 Å². The molecule has 0 spiro atoms. The molecule has 9 heteroatoms. The largest absolute Gasteiger partial charge is 0.494 e. The Morgan fingerprint density at radius 1 is 1.07 bits per heavy atom. The molecule has 0 fully saturated rings. The number of benzene rings is 3. The first kappa shape index (κ1) is 28.9. The maximum Gasteiger partial charge on any atom is 0.304 e. The van der Waals surface area contributed by atoms with Crippen LogP contribution in [0.2, 0.25) is 0 Å². The first-order valence-electron chi connectivity index (χ1n) is 13.9. The molecule has 2 atom stereocenters. The summed E-state index contributed by atoms with van der Waals surface area (Å²) in [6.45, 7) is 4.78. The van der Waals surface area contributed by atoms with Crippen LogP contribution in [0.15, 0.2) is 42.5 Å². The number of hydrogen-bond acceptors (Lipinski definition) is 6. The van der Waals surface area contributed by atoms with Crippen molar-refractivity contribution in [1.29, 1.82) is 0 Å². The molecular formula is C32H35FO7S. The molecule has 0 amide bonds. The first-order valence-corrected chi connectivity index (χ1v) is 15.9. The number of aliphatic carboxylic acids is 1. The topological polar surface area (TPSA) is 99.1 Å². The Bertz CT molecular complexity index is 1560. The molecule has 0 bridgehead atoms. The van der Waals surface area contributed by atoms with E-state index in [4.69, 9.17) is 19.3 Å². The molecule has 0 saturated carbocycles. The fourth-order valence-electron chi connectivity index (χ4n) is 5.99. The van der Waals surface area contributed by atoms with E-state index in [9.17, 15) is 13.2 Å². The summed E-state index contributed by atoms with van der Waals surface area (Å²) in [5, 5.41) is 9.15. The molecule has 0 radical (unpaired) electrons. The van der Waals surface area contributed by atoms with Crippen LogP contribution >= 0.6 is 0 Å².